The molecular weight excluding hydrogens is 282 g/mol. The van der Waals surface area contributed by atoms with E-state index in [1.807, 2.05) is 0 Å². The van der Waals surface area contributed by atoms with Crippen LogP contribution in [0.3, 0.4) is 0 Å². The molecule has 1 aromatic carbocycles. The molecule has 0 bridgehead atoms. The third-order valence-electron chi connectivity index (χ3n) is 2.91. The number of benzene rings is 1. The van der Waals surface area contributed by atoms with Crippen LogP contribution in [-0.4, -0.2) is 43.8 Å². The number of rotatable bonds is 4. The highest BCUT2D eigenvalue weighted by Crippen LogP contribution is 2.26. The standard InChI is InChI=1S/C12H15N3O4S/c1-14(2)20(17,18)15-10-5-4-9(19-3)6-8(10)7-11(15)12(13)16/h4-7H,1-3H3,(H2,13,16). The van der Waals surface area contributed by atoms with Gasteiger partial charge in [0.05, 0.1) is 12.6 Å². The second-order valence-corrected chi connectivity index (χ2v) is 6.36. The minimum atomic E-state index is -3.85. The maximum absolute atomic E-state index is 12.3. The van der Waals surface area contributed by atoms with Gasteiger partial charge in [-0.1, -0.05) is 0 Å². The molecule has 0 aliphatic heterocycles. The summed E-state index contributed by atoms with van der Waals surface area (Å²) in [6, 6.07) is 6.27. The van der Waals surface area contributed by atoms with Crippen molar-refractivity contribution >= 4 is 27.0 Å². The Balaban J connectivity index is 2.87. The number of methoxy groups -OCH3 is 1. The van der Waals surface area contributed by atoms with Crippen molar-refractivity contribution < 1.29 is 17.9 Å². The van der Waals surface area contributed by atoms with Crippen LogP contribution in [0.15, 0.2) is 24.3 Å². The van der Waals surface area contributed by atoms with Crippen LogP contribution in [0.5, 0.6) is 5.75 Å². The molecule has 0 saturated heterocycles. The minimum absolute atomic E-state index is 0.0954. The van der Waals surface area contributed by atoms with E-state index in [0.29, 0.717) is 16.7 Å². The quantitative estimate of drug-likeness (QED) is 0.884. The van der Waals surface area contributed by atoms with Gasteiger partial charge in [0.2, 0.25) is 0 Å². The summed E-state index contributed by atoms with van der Waals surface area (Å²) >= 11 is 0. The van der Waals surface area contributed by atoms with Crippen molar-refractivity contribution in [1.29, 1.82) is 0 Å². The van der Waals surface area contributed by atoms with Gasteiger partial charge in [0, 0.05) is 19.5 Å². The molecule has 1 heterocycles. The fourth-order valence-corrected chi connectivity index (χ4v) is 3.01. The summed E-state index contributed by atoms with van der Waals surface area (Å²) in [7, 11) is 0.425. The summed E-state index contributed by atoms with van der Waals surface area (Å²) < 4.78 is 31.7. The summed E-state index contributed by atoms with van der Waals surface area (Å²) in [5, 5.41) is 0.559. The van der Waals surface area contributed by atoms with Crippen LogP contribution >= 0.6 is 0 Å². The Hall–Kier alpha value is -2.06. The lowest BCUT2D eigenvalue weighted by molar-refractivity contribution is 0.0994. The normalized spacial score (nSPS) is 12.0. The molecule has 2 N–H and O–H groups in total. The topological polar surface area (TPSA) is 94.6 Å². The Kier molecular flexibility index (Phi) is 3.45. The molecule has 0 saturated carbocycles. The third kappa shape index (κ3) is 2.12. The summed E-state index contributed by atoms with van der Waals surface area (Å²) in [6.07, 6.45) is 0. The molecule has 0 atom stereocenters. The van der Waals surface area contributed by atoms with Gasteiger partial charge in [0.15, 0.2) is 0 Å². The van der Waals surface area contributed by atoms with Gasteiger partial charge in [0.1, 0.15) is 11.4 Å². The van der Waals surface area contributed by atoms with E-state index in [2.05, 4.69) is 0 Å². The Bertz CT molecular complexity index is 777. The number of hydrogen-bond acceptors (Lipinski definition) is 4. The first-order valence-corrected chi connectivity index (χ1v) is 7.11. The van der Waals surface area contributed by atoms with E-state index in [4.69, 9.17) is 10.5 Å². The molecule has 0 fully saturated rings. The second-order valence-electron chi connectivity index (χ2n) is 4.37. The molecule has 20 heavy (non-hydrogen) atoms. The van der Waals surface area contributed by atoms with Crippen LogP contribution in [0.25, 0.3) is 10.9 Å². The van der Waals surface area contributed by atoms with Gasteiger partial charge >= 0.3 is 10.2 Å². The molecule has 0 spiro atoms. The Morgan fingerprint density at radius 2 is 1.95 bits per heavy atom. The summed E-state index contributed by atoms with van der Waals surface area (Å²) in [4.78, 5) is 11.5. The molecule has 2 rings (SSSR count). The first kappa shape index (κ1) is 14.4. The van der Waals surface area contributed by atoms with Crippen LogP contribution in [-0.2, 0) is 10.2 Å². The van der Waals surface area contributed by atoms with Crippen molar-refractivity contribution in [2.75, 3.05) is 21.2 Å². The SMILES string of the molecule is COc1ccc2c(c1)cc(C(N)=O)n2S(=O)(=O)N(C)C. The van der Waals surface area contributed by atoms with Gasteiger partial charge in [-0.3, -0.25) is 4.79 Å². The largest absolute Gasteiger partial charge is 0.497 e. The molecule has 108 valence electrons. The maximum Gasteiger partial charge on any atom is 0.308 e. The number of fused-ring (bicyclic) bond motifs is 1. The number of nitrogens with zero attached hydrogens (tertiary/aromatic N) is 2. The van der Waals surface area contributed by atoms with E-state index in [1.54, 1.807) is 18.2 Å². The van der Waals surface area contributed by atoms with Gasteiger partial charge < -0.3 is 10.5 Å². The lowest BCUT2D eigenvalue weighted by atomic mass is 10.2. The van der Waals surface area contributed by atoms with Crippen molar-refractivity contribution in [3.63, 3.8) is 0 Å². The van der Waals surface area contributed by atoms with Crippen molar-refractivity contribution in [3.05, 3.63) is 30.0 Å². The third-order valence-corrected chi connectivity index (χ3v) is 4.69. The van der Waals surface area contributed by atoms with Crippen molar-refractivity contribution in [3.8, 4) is 5.75 Å². The average Bonchev–Trinajstić information content (AvgIpc) is 2.77. The number of carbonyl (C=O) groups is 1. The van der Waals surface area contributed by atoms with E-state index in [1.165, 1.54) is 27.3 Å². The van der Waals surface area contributed by atoms with Crippen LogP contribution in [0.4, 0.5) is 0 Å². The van der Waals surface area contributed by atoms with Gasteiger partial charge in [-0.2, -0.15) is 12.7 Å². The first-order chi connectivity index (χ1) is 9.28. The maximum atomic E-state index is 12.3. The molecule has 0 aliphatic rings. The molecule has 7 nitrogen and oxygen atoms in total. The Labute approximate surface area is 116 Å². The molecule has 1 amide bonds. The highest BCUT2D eigenvalue weighted by molar-refractivity contribution is 7.87. The van der Waals surface area contributed by atoms with E-state index >= 15 is 0 Å². The number of amides is 1. The van der Waals surface area contributed by atoms with Crippen LogP contribution in [0.2, 0.25) is 0 Å². The highest BCUT2D eigenvalue weighted by atomic mass is 32.2. The minimum Gasteiger partial charge on any atom is -0.497 e. The van der Waals surface area contributed by atoms with Crippen LogP contribution in [0.1, 0.15) is 10.5 Å². The van der Waals surface area contributed by atoms with Gasteiger partial charge in [-0.15, -0.1) is 0 Å². The number of hydrogen-bond donors (Lipinski definition) is 1. The zero-order valence-corrected chi connectivity index (χ0v) is 12.1. The van der Waals surface area contributed by atoms with E-state index in [9.17, 15) is 13.2 Å². The summed E-state index contributed by atoms with van der Waals surface area (Å²) in [5.74, 6) is -0.251. The smallest absolute Gasteiger partial charge is 0.308 e. The Morgan fingerprint density at radius 1 is 1.30 bits per heavy atom. The fraction of sp³-hybridized carbons (Fsp3) is 0.250. The number of aromatic nitrogens is 1. The van der Waals surface area contributed by atoms with Gasteiger partial charge in [0.25, 0.3) is 5.91 Å². The number of carbonyl (C=O) groups excluding carboxylic acids is 1. The van der Waals surface area contributed by atoms with E-state index < -0.39 is 16.1 Å². The lowest BCUT2D eigenvalue weighted by Crippen LogP contribution is -2.32. The summed E-state index contributed by atoms with van der Waals surface area (Å²) in [6.45, 7) is 0. The predicted octanol–water partition coefficient (Wildman–Crippen LogP) is 0.403. The molecular formula is C12H15N3O4S. The van der Waals surface area contributed by atoms with Crippen LogP contribution < -0.4 is 10.5 Å². The fourth-order valence-electron chi connectivity index (χ4n) is 1.88. The molecule has 8 heteroatoms. The molecule has 0 unspecified atom stereocenters. The number of nitrogens with two attached hydrogens (primary N) is 1. The number of ether oxygens (including phenoxy) is 1. The molecule has 2 aromatic rings. The first-order valence-electron chi connectivity index (χ1n) is 5.71. The molecule has 0 radical (unpaired) electrons. The zero-order valence-electron chi connectivity index (χ0n) is 11.3. The van der Waals surface area contributed by atoms with Crippen LogP contribution in [0, 0.1) is 0 Å². The van der Waals surface area contributed by atoms with Crippen molar-refractivity contribution in [2.24, 2.45) is 5.73 Å². The average molecular weight is 297 g/mol. The predicted molar refractivity (Wildman–Crippen MR) is 75.0 cm³/mol. The molecule has 1 aromatic heterocycles. The number of primary amides is 1. The Morgan fingerprint density at radius 3 is 2.45 bits per heavy atom. The van der Waals surface area contributed by atoms with Gasteiger partial charge in [-0.25, -0.2) is 3.97 Å². The summed E-state index contributed by atoms with van der Waals surface area (Å²) in [5.41, 5.74) is 5.55. The zero-order chi connectivity index (χ0) is 15.1. The second kappa shape index (κ2) is 4.80. The van der Waals surface area contributed by atoms with E-state index in [0.717, 1.165) is 8.28 Å². The van der Waals surface area contributed by atoms with E-state index in [-0.39, 0.29) is 5.69 Å². The molecule has 0 aliphatic carbocycles. The lowest BCUT2D eigenvalue weighted by Gasteiger charge is -2.15. The highest BCUT2D eigenvalue weighted by Gasteiger charge is 2.25. The van der Waals surface area contributed by atoms with Crippen molar-refractivity contribution in [1.82, 2.24) is 8.28 Å². The monoisotopic (exact) mass is 297 g/mol. The van der Waals surface area contributed by atoms with Gasteiger partial charge in [-0.05, 0) is 24.3 Å². The van der Waals surface area contributed by atoms with Crippen molar-refractivity contribution in [2.45, 2.75) is 0 Å².